The number of rotatable bonds is 3. The first-order valence-electron chi connectivity index (χ1n) is 5.87. The average Bonchev–Trinajstić information content (AvgIpc) is 2.47. The maximum absolute atomic E-state index is 11.8. The monoisotopic (exact) mass is 265 g/mol. The van der Waals surface area contributed by atoms with Crippen molar-refractivity contribution in [2.24, 2.45) is 0 Å². The molecule has 1 atom stereocenters. The fraction of sp³-hybridized carbons (Fsp3) is 0.385. The molecule has 0 aliphatic carbocycles. The van der Waals surface area contributed by atoms with Gasteiger partial charge in [-0.3, -0.25) is 4.79 Å². The Bertz CT molecular complexity index is 470. The Morgan fingerprint density at radius 2 is 2.16 bits per heavy atom. The molecule has 1 saturated heterocycles. The molecule has 0 bridgehead atoms. The summed E-state index contributed by atoms with van der Waals surface area (Å²) in [4.78, 5) is 24.6. The number of methoxy groups -OCH3 is 1. The van der Waals surface area contributed by atoms with Crippen LogP contribution in [0.1, 0.15) is 10.4 Å². The molecule has 0 aromatic heterocycles. The van der Waals surface area contributed by atoms with Crippen molar-refractivity contribution in [2.75, 3.05) is 31.8 Å². The fourth-order valence-electron chi connectivity index (χ4n) is 1.88. The van der Waals surface area contributed by atoms with Crippen LogP contribution in [-0.4, -0.2) is 50.0 Å². The van der Waals surface area contributed by atoms with Crippen molar-refractivity contribution >= 4 is 17.6 Å². The van der Waals surface area contributed by atoms with Crippen LogP contribution >= 0.6 is 0 Å². The van der Waals surface area contributed by atoms with Crippen molar-refractivity contribution in [3.05, 3.63) is 29.8 Å². The van der Waals surface area contributed by atoms with Gasteiger partial charge >= 0.3 is 5.97 Å². The molecule has 1 aromatic carbocycles. The lowest BCUT2D eigenvalue weighted by atomic mass is 10.1. The third-order valence-corrected chi connectivity index (χ3v) is 2.93. The number of hydrogen-bond donors (Lipinski definition) is 1. The second-order valence-electron chi connectivity index (χ2n) is 4.16. The van der Waals surface area contributed by atoms with Gasteiger partial charge in [-0.05, 0) is 24.3 Å². The minimum Gasteiger partial charge on any atom is -0.465 e. The Labute approximate surface area is 110 Å². The Morgan fingerprint density at radius 3 is 2.74 bits per heavy atom. The Kier molecular flexibility index (Phi) is 4.13. The molecule has 1 aromatic rings. The molecule has 19 heavy (non-hydrogen) atoms. The first kappa shape index (κ1) is 13.5. The highest BCUT2D eigenvalue weighted by Gasteiger charge is 2.26. The molecule has 1 amide bonds. The van der Waals surface area contributed by atoms with E-state index in [-0.39, 0.29) is 25.2 Å². The molecule has 0 saturated carbocycles. The van der Waals surface area contributed by atoms with E-state index in [0.29, 0.717) is 17.8 Å². The highest BCUT2D eigenvalue weighted by molar-refractivity contribution is 5.96. The SMILES string of the molecule is COC(=O)c1ccc(N2CC(CO)OCC2=O)cc1. The van der Waals surface area contributed by atoms with Gasteiger partial charge in [0.2, 0.25) is 0 Å². The van der Waals surface area contributed by atoms with E-state index in [1.165, 1.54) is 12.0 Å². The van der Waals surface area contributed by atoms with Crippen LogP contribution < -0.4 is 4.90 Å². The number of morpholine rings is 1. The summed E-state index contributed by atoms with van der Waals surface area (Å²) in [5.74, 6) is -0.594. The van der Waals surface area contributed by atoms with Gasteiger partial charge < -0.3 is 19.5 Å². The minimum absolute atomic E-state index is 0.0516. The summed E-state index contributed by atoms with van der Waals surface area (Å²) in [6.45, 7) is 0.112. The number of benzene rings is 1. The lowest BCUT2D eigenvalue weighted by molar-refractivity contribution is -0.130. The van der Waals surface area contributed by atoms with E-state index in [0.717, 1.165) is 0 Å². The first-order valence-corrected chi connectivity index (χ1v) is 5.87. The van der Waals surface area contributed by atoms with Crippen molar-refractivity contribution in [1.29, 1.82) is 0 Å². The topological polar surface area (TPSA) is 76.1 Å². The van der Waals surface area contributed by atoms with Crippen LogP contribution in [0.25, 0.3) is 0 Å². The molecule has 1 unspecified atom stereocenters. The number of ether oxygens (including phenoxy) is 2. The largest absolute Gasteiger partial charge is 0.465 e. The van der Waals surface area contributed by atoms with Crippen LogP contribution in [0.3, 0.4) is 0 Å². The molecule has 1 aliphatic heterocycles. The predicted octanol–water partition coefficient (Wildman–Crippen LogP) is 0.197. The Hall–Kier alpha value is -1.92. The van der Waals surface area contributed by atoms with Crippen molar-refractivity contribution in [3.8, 4) is 0 Å². The summed E-state index contributed by atoms with van der Waals surface area (Å²) in [7, 11) is 1.31. The summed E-state index contributed by atoms with van der Waals surface area (Å²) in [5.41, 5.74) is 1.09. The second kappa shape index (κ2) is 5.81. The van der Waals surface area contributed by atoms with Gasteiger partial charge in [-0.2, -0.15) is 0 Å². The molecule has 1 aliphatic rings. The third kappa shape index (κ3) is 2.91. The fourth-order valence-corrected chi connectivity index (χ4v) is 1.88. The first-order chi connectivity index (χ1) is 9.15. The van der Waals surface area contributed by atoms with Crippen LogP contribution in [0.15, 0.2) is 24.3 Å². The quantitative estimate of drug-likeness (QED) is 0.790. The summed E-state index contributed by atoms with van der Waals surface area (Å²) >= 11 is 0. The molecule has 102 valence electrons. The average molecular weight is 265 g/mol. The highest BCUT2D eigenvalue weighted by Crippen LogP contribution is 2.19. The molecule has 0 spiro atoms. The molecular weight excluding hydrogens is 250 g/mol. The van der Waals surface area contributed by atoms with Crippen LogP contribution in [0.5, 0.6) is 0 Å². The molecule has 1 heterocycles. The van der Waals surface area contributed by atoms with Crippen molar-refractivity contribution in [3.63, 3.8) is 0 Å². The van der Waals surface area contributed by atoms with E-state index in [1.54, 1.807) is 24.3 Å². The van der Waals surface area contributed by atoms with E-state index >= 15 is 0 Å². The van der Waals surface area contributed by atoms with Crippen LogP contribution in [0, 0.1) is 0 Å². The lowest BCUT2D eigenvalue weighted by Crippen LogP contribution is -2.48. The molecule has 6 heteroatoms. The maximum Gasteiger partial charge on any atom is 0.337 e. The third-order valence-electron chi connectivity index (χ3n) is 2.93. The van der Waals surface area contributed by atoms with E-state index in [4.69, 9.17) is 9.84 Å². The number of esters is 1. The smallest absolute Gasteiger partial charge is 0.337 e. The highest BCUT2D eigenvalue weighted by atomic mass is 16.5. The number of aliphatic hydroxyl groups excluding tert-OH is 1. The number of carbonyl (C=O) groups excluding carboxylic acids is 2. The zero-order chi connectivity index (χ0) is 13.8. The van der Waals surface area contributed by atoms with Gasteiger partial charge in [0.15, 0.2) is 0 Å². The number of hydrogen-bond acceptors (Lipinski definition) is 5. The lowest BCUT2D eigenvalue weighted by Gasteiger charge is -2.31. The predicted molar refractivity (Wildman–Crippen MR) is 67.0 cm³/mol. The zero-order valence-electron chi connectivity index (χ0n) is 10.5. The second-order valence-corrected chi connectivity index (χ2v) is 4.16. The maximum atomic E-state index is 11.8. The van der Waals surface area contributed by atoms with E-state index < -0.39 is 5.97 Å². The summed E-state index contributed by atoms with van der Waals surface area (Å²) < 4.78 is 9.76. The molecule has 6 nitrogen and oxygen atoms in total. The number of aliphatic hydroxyl groups is 1. The van der Waals surface area contributed by atoms with Crippen molar-refractivity contribution < 1.29 is 24.2 Å². The van der Waals surface area contributed by atoms with Crippen LogP contribution in [0.2, 0.25) is 0 Å². The van der Waals surface area contributed by atoms with Gasteiger partial charge in [-0.25, -0.2) is 4.79 Å². The van der Waals surface area contributed by atoms with Crippen molar-refractivity contribution in [2.45, 2.75) is 6.10 Å². The van der Waals surface area contributed by atoms with Gasteiger partial charge in [-0.1, -0.05) is 0 Å². The molecule has 0 radical (unpaired) electrons. The number of amides is 1. The summed E-state index contributed by atoms with van der Waals surface area (Å²) in [6.07, 6.45) is -0.377. The normalized spacial score (nSPS) is 19.4. The van der Waals surface area contributed by atoms with Crippen molar-refractivity contribution in [1.82, 2.24) is 0 Å². The zero-order valence-corrected chi connectivity index (χ0v) is 10.5. The minimum atomic E-state index is -0.423. The van der Waals surface area contributed by atoms with E-state index in [2.05, 4.69) is 4.74 Å². The van der Waals surface area contributed by atoms with Gasteiger partial charge in [0.1, 0.15) is 6.61 Å². The van der Waals surface area contributed by atoms with Crippen LogP contribution in [0.4, 0.5) is 5.69 Å². The van der Waals surface area contributed by atoms with Gasteiger partial charge in [-0.15, -0.1) is 0 Å². The number of nitrogens with zero attached hydrogens (tertiary/aromatic N) is 1. The molecule has 1 N–H and O–H groups in total. The Balaban J connectivity index is 2.16. The Morgan fingerprint density at radius 1 is 1.47 bits per heavy atom. The van der Waals surface area contributed by atoms with Crippen LogP contribution in [-0.2, 0) is 14.3 Å². The molecular formula is C13H15NO5. The standard InChI is InChI=1S/C13H15NO5/c1-18-13(17)9-2-4-10(5-3-9)14-6-11(7-15)19-8-12(14)16/h2-5,11,15H,6-8H2,1H3. The van der Waals surface area contributed by atoms with Gasteiger partial charge in [0.05, 0.1) is 31.9 Å². The molecule has 2 rings (SSSR count). The van der Waals surface area contributed by atoms with E-state index in [1.807, 2.05) is 0 Å². The van der Waals surface area contributed by atoms with Gasteiger partial charge in [0, 0.05) is 5.69 Å². The number of anilines is 1. The number of carbonyl (C=O) groups is 2. The van der Waals surface area contributed by atoms with E-state index in [9.17, 15) is 9.59 Å². The van der Waals surface area contributed by atoms with Gasteiger partial charge in [0.25, 0.3) is 5.91 Å². The molecule has 1 fully saturated rings. The summed E-state index contributed by atoms with van der Waals surface area (Å²) in [5, 5.41) is 9.07. The summed E-state index contributed by atoms with van der Waals surface area (Å²) in [6, 6.07) is 6.53.